The number of amides is 1. The van der Waals surface area contributed by atoms with Crippen molar-refractivity contribution in [3.63, 3.8) is 0 Å². The fraction of sp³-hybridized carbons (Fsp3) is 0.412. The number of hydrogen-bond acceptors (Lipinski definition) is 4. The number of carbonyl (C=O) groups excluding carboxylic acids is 1. The maximum Gasteiger partial charge on any atom is 0.273 e. The Balaban J connectivity index is 1.70. The Hall–Kier alpha value is -1.90. The van der Waals surface area contributed by atoms with E-state index in [0.717, 1.165) is 12.0 Å². The third-order valence-corrected chi connectivity index (χ3v) is 6.78. The average molecular weight is 397 g/mol. The van der Waals surface area contributed by atoms with Gasteiger partial charge in [0.15, 0.2) is 0 Å². The maximum absolute atomic E-state index is 12.8. The molecule has 9 heteroatoms. The van der Waals surface area contributed by atoms with Gasteiger partial charge in [-0.2, -0.15) is 9.40 Å². The van der Waals surface area contributed by atoms with E-state index in [1.165, 1.54) is 15.2 Å². The van der Waals surface area contributed by atoms with E-state index in [1.807, 2.05) is 19.1 Å². The van der Waals surface area contributed by atoms with Gasteiger partial charge in [0, 0.05) is 33.2 Å². The Labute approximate surface area is 158 Å². The number of aryl methyl sites for hydroxylation is 2. The van der Waals surface area contributed by atoms with Crippen LogP contribution in [0.5, 0.6) is 0 Å². The van der Waals surface area contributed by atoms with Crippen LogP contribution in [-0.2, 0) is 23.5 Å². The van der Waals surface area contributed by atoms with E-state index in [2.05, 4.69) is 5.10 Å². The molecule has 1 aliphatic heterocycles. The lowest BCUT2D eigenvalue weighted by atomic mass is 10.2. The summed E-state index contributed by atoms with van der Waals surface area (Å²) in [5.74, 6) is -0.237. The Kier molecular flexibility index (Phi) is 5.36. The molecule has 0 N–H and O–H groups in total. The second-order valence-corrected chi connectivity index (χ2v) is 8.50. The number of carbonyl (C=O) groups is 1. The van der Waals surface area contributed by atoms with Gasteiger partial charge in [-0.05, 0) is 24.1 Å². The SMILES string of the molecule is CCc1ccc(S(=O)(=O)N2CCN(C(=O)c3c(Cl)cnn3C)CC2)cc1. The third kappa shape index (κ3) is 3.49. The monoisotopic (exact) mass is 396 g/mol. The van der Waals surface area contributed by atoms with Crippen molar-refractivity contribution in [2.75, 3.05) is 26.2 Å². The fourth-order valence-corrected chi connectivity index (χ4v) is 4.65. The Morgan fingerprint density at radius 1 is 1.15 bits per heavy atom. The first kappa shape index (κ1) is 18.9. The van der Waals surface area contributed by atoms with Crippen molar-refractivity contribution in [2.24, 2.45) is 7.05 Å². The summed E-state index contributed by atoms with van der Waals surface area (Å²) in [5, 5.41) is 4.27. The van der Waals surface area contributed by atoms with Crippen molar-refractivity contribution < 1.29 is 13.2 Å². The van der Waals surface area contributed by atoms with Gasteiger partial charge in [-0.25, -0.2) is 8.42 Å². The minimum atomic E-state index is -3.55. The summed E-state index contributed by atoms with van der Waals surface area (Å²) >= 11 is 6.03. The van der Waals surface area contributed by atoms with Gasteiger partial charge in [-0.3, -0.25) is 9.48 Å². The van der Waals surface area contributed by atoms with E-state index in [9.17, 15) is 13.2 Å². The molecule has 1 saturated heterocycles. The molecule has 0 unspecified atom stereocenters. The van der Waals surface area contributed by atoms with E-state index in [-0.39, 0.29) is 23.9 Å². The highest BCUT2D eigenvalue weighted by atomic mass is 35.5. The van der Waals surface area contributed by atoms with Crippen LogP contribution < -0.4 is 0 Å². The van der Waals surface area contributed by atoms with Crippen molar-refractivity contribution in [3.8, 4) is 0 Å². The normalized spacial score (nSPS) is 16.0. The molecule has 1 aromatic carbocycles. The van der Waals surface area contributed by atoms with Gasteiger partial charge in [0.1, 0.15) is 5.69 Å². The van der Waals surface area contributed by atoms with Gasteiger partial charge in [-0.1, -0.05) is 30.7 Å². The first-order valence-electron chi connectivity index (χ1n) is 8.40. The van der Waals surface area contributed by atoms with Gasteiger partial charge in [0.25, 0.3) is 5.91 Å². The van der Waals surface area contributed by atoms with Crippen LogP contribution in [0.25, 0.3) is 0 Å². The molecule has 0 bridgehead atoms. The zero-order chi connectivity index (χ0) is 18.9. The highest BCUT2D eigenvalue weighted by Crippen LogP contribution is 2.21. The molecule has 0 radical (unpaired) electrons. The molecule has 0 spiro atoms. The summed E-state index contributed by atoms with van der Waals surface area (Å²) in [5.41, 5.74) is 1.41. The molecule has 2 heterocycles. The van der Waals surface area contributed by atoms with Crippen LogP contribution in [0.2, 0.25) is 5.02 Å². The summed E-state index contributed by atoms with van der Waals surface area (Å²) in [7, 11) is -1.90. The summed E-state index contributed by atoms with van der Waals surface area (Å²) in [4.78, 5) is 14.5. The topological polar surface area (TPSA) is 75.5 Å². The Morgan fingerprint density at radius 3 is 2.27 bits per heavy atom. The highest BCUT2D eigenvalue weighted by Gasteiger charge is 2.31. The molecule has 140 valence electrons. The van der Waals surface area contributed by atoms with E-state index >= 15 is 0 Å². The van der Waals surface area contributed by atoms with E-state index < -0.39 is 10.0 Å². The van der Waals surface area contributed by atoms with Crippen LogP contribution in [0.1, 0.15) is 23.0 Å². The van der Waals surface area contributed by atoms with Crippen molar-refractivity contribution in [1.29, 1.82) is 0 Å². The van der Waals surface area contributed by atoms with Gasteiger partial charge in [0.2, 0.25) is 10.0 Å². The van der Waals surface area contributed by atoms with E-state index in [4.69, 9.17) is 11.6 Å². The number of nitrogens with zero attached hydrogens (tertiary/aromatic N) is 4. The number of aromatic nitrogens is 2. The average Bonchev–Trinajstić information content (AvgIpc) is 2.99. The number of sulfonamides is 1. The lowest BCUT2D eigenvalue weighted by Gasteiger charge is -2.34. The first-order valence-corrected chi connectivity index (χ1v) is 10.2. The van der Waals surface area contributed by atoms with Crippen LogP contribution in [0.4, 0.5) is 0 Å². The number of benzene rings is 1. The Morgan fingerprint density at radius 2 is 1.77 bits per heavy atom. The van der Waals surface area contributed by atoms with Gasteiger partial charge in [-0.15, -0.1) is 0 Å². The molecule has 0 atom stereocenters. The zero-order valence-electron chi connectivity index (χ0n) is 14.7. The van der Waals surface area contributed by atoms with Crippen LogP contribution in [-0.4, -0.2) is 59.5 Å². The second-order valence-electron chi connectivity index (χ2n) is 6.16. The molecule has 7 nitrogen and oxygen atoms in total. The van der Waals surface area contributed by atoms with Gasteiger partial charge >= 0.3 is 0 Å². The van der Waals surface area contributed by atoms with Crippen LogP contribution >= 0.6 is 11.6 Å². The molecule has 26 heavy (non-hydrogen) atoms. The smallest absolute Gasteiger partial charge is 0.273 e. The van der Waals surface area contributed by atoms with Gasteiger partial charge < -0.3 is 4.90 Å². The largest absolute Gasteiger partial charge is 0.335 e. The molecule has 2 aromatic rings. The van der Waals surface area contributed by atoms with Crippen molar-refractivity contribution in [3.05, 3.63) is 46.7 Å². The standard InChI is InChI=1S/C17H21ClN4O3S/c1-3-13-4-6-14(7-5-13)26(24,25)22-10-8-21(9-11-22)17(23)16-15(18)12-19-20(16)2/h4-7,12H,3,8-11H2,1-2H3. The summed E-state index contributed by atoms with van der Waals surface area (Å²) in [6, 6.07) is 6.94. The summed E-state index contributed by atoms with van der Waals surface area (Å²) in [6.07, 6.45) is 2.28. The summed E-state index contributed by atoms with van der Waals surface area (Å²) < 4.78 is 28.4. The number of rotatable bonds is 4. The van der Waals surface area contributed by atoms with Gasteiger partial charge in [0.05, 0.1) is 16.1 Å². The molecule has 0 saturated carbocycles. The third-order valence-electron chi connectivity index (χ3n) is 4.59. The van der Waals surface area contributed by atoms with Crippen molar-refractivity contribution in [1.82, 2.24) is 19.0 Å². The van der Waals surface area contributed by atoms with E-state index in [1.54, 1.807) is 24.1 Å². The zero-order valence-corrected chi connectivity index (χ0v) is 16.3. The van der Waals surface area contributed by atoms with Crippen molar-refractivity contribution >= 4 is 27.5 Å². The first-order chi connectivity index (χ1) is 12.3. The van der Waals surface area contributed by atoms with Crippen LogP contribution in [0, 0.1) is 0 Å². The van der Waals surface area contributed by atoms with Crippen LogP contribution in [0.15, 0.2) is 35.4 Å². The Bertz CT molecular complexity index is 881. The predicted molar refractivity (Wildman–Crippen MR) is 98.7 cm³/mol. The summed E-state index contributed by atoms with van der Waals surface area (Å²) in [6.45, 7) is 3.14. The molecule has 3 rings (SSSR count). The van der Waals surface area contributed by atoms with E-state index in [0.29, 0.717) is 23.8 Å². The second kappa shape index (κ2) is 7.38. The molecular formula is C17H21ClN4O3S. The molecule has 1 aliphatic rings. The fourth-order valence-electron chi connectivity index (χ4n) is 2.98. The lowest BCUT2D eigenvalue weighted by molar-refractivity contribution is 0.0687. The minimum Gasteiger partial charge on any atom is -0.335 e. The number of hydrogen-bond donors (Lipinski definition) is 0. The minimum absolute atomic E-state index is 0.237. The molecule has 1 aromatic heterocycles. The quantitative estimate of drug-likeness (QED) is 0.789. The lowest BCUT2D eigenvalue weighted by Crippen LogP contribution is -2.50. The molecule has 1 amide bonds. The highest BCUT2D eigenvalue weighted by molar-refractivity contribution is 7.89. The number of piperazine rings is 1. The maximum atomic E-state index is 12.8. The van der Waals surface area contributed by atoms with Crippen LogP contribution in [0.3, 0.4) is 0 Å². The van der Waals surface area contributed by atoms with Crippen molar-refractivity contribution in [2.45, 2.75) is 18.2 Å². The predicted octanol–water partition coefficient (Wildman–Crippen LogP) is 1.78. The number of halogens is 1. The molecule has 1 fully saturated rings. The molecular weight excluding hydrogens is 376 g/mol. The molecule has 0 aliphatic carbocycles.